The van der Waals surface area contributed by atoms with E-state index in [2.05, 4.69) is 4.98 Å². The van der Waals surface area contributed by atoms with Gasteiger partial charge in [0.25, 0.3) is 0 Å². The lowest BCUT2D eigenvalue weighted by atomic mass is 10.2. The molecule has 0 fully saturated rings. The summed E-state index contributed by atoms with van der Waals surface area (Å²) in [5.41, 5.74) is 2.61. The van der Waals surface area contributed by atoms with Gasteiger partial charge in [0.1, 0.15) is 12.4 Å². The van der Waals surface area contributed by atoms with Gasteiger partial charge in [0.15, 0.2) is 5.13 Å². The number of amides is 1. The van der Waals surface area contributed by atoms with Crippen molar-refractivity contribution in [2.75, 3.05) is 4.90 Å². The molecule has 0 N–H and O–H groups in total. The molecule has 3 aromatic rings. The zero-order valence-corrected chi connectivity index (χ0v) is 15.5. The van der Waals surface area contributed by atoms with Crippen LogP contribution < -0.4 is 9.64 Å². The number of carbonyl (C=O) groups excluding carboxylic acids is 1. The number of hydrogen-bond acceptors (Lipinski definition) is 4. The first-order chi connectivity index (χ1) is 12.0. The molecule has 0 unspecified atom stereocenters. The molecule has 0 bridgehead atoms. The molecule has 1 amide bonds. The molecule has 0 aliphatic heterocycles. The van der Waals surface area contributed by atoms with Gasteiger partial charge in [-0.3, -0.25) is 9.69 Å². The van der Waals surface area contributed by atoms with Crippen molar-refractivity contribution in [3.63, 3.8) is 0 Å². The first-order valence-electron chi connectivity index (χ1n) is 7.73. The minimum absolute atomic E-state index is 0.0882. The van der Waals surface area contributed by atoms with E-state index in [-0.39, 0.29) is 5.91 Å². The fourth-order valence-corrected chi connectivity index (χ4v) is 3.39. The van der Waals surface area contributed by atoms with Crippen LogP contribution in [0.5, 0.6) is 5.75 Å². The summed E-state index contributed by atoms with van der Waals surface area (Å²) in [6.45, 7) is 3.80. The Labute approximate surface area is 155 Å². The Bertz CT molecular complexity index is 880. The Morgan fingerprint density at radius 3 is 2.72 bits per heavy atom. The largest absolute Gasteiger partial charge is 0.486 e. The van der Waals surface area contributed by atoms with Gasteiger partial charge in [0.05, 0.1) is 16.4 Å². The van der Waals surface area contributed by atoms with Crippen molar-refractivity contribution in [3.05, 3.63) is 70.2 Å². The molecule has 6 heteroatoms. The second kappa shape index (κ2) is 7.68. The maximum Gasteiger partial charge on any atom is 0.230 e. The molecule has 0 aliphatic carbocycles. The molecule has 128 valence electrons. The van der Waals surface area contributed by atoms with Crippen molar-refractivity contribution in [2.45, 2.75) is 20.5 Å². The molecule has 2 aromatic carbocycles. The zero-order valence-electron chi connectivity index (χ0n) is 13.9. The molecule has 3 rings (SSSR count). The van der Waals surface area contributed by atoms with Crippen LogP contribution in [0.15, 0.2) is 53.9 Å². The highest BCUT2D eigenvalue weighted by Gasteiger charge is 2.17. The van der Waals surface area contributed by atoms with E-state index >= 15 is 0 Å². The highest BCUT2D eigenvalue weighted by molar-refractivity contribution is 7.14. The average molecular weight is 373 g/mol. The first kappa shape index (κ1) is 17.5. The predicted molar refractivity (Wildman–Crippen MR) is 102 cm³/mol. The minimum atomic E-state index is -0.0882. The molecule has 0 radical (unpaired) electrons. The fourth-order valence-electron chi connectivity index (χ4n) is 2.34. The second-order valence-corrected chi connectivity index (χ2v) is 6.78. The number of carbonyl (C=O) groups is 1. The molecule has 0 aliphatic rings. The van der Waals surface area contributed by atoms with E-state index in [4.69, 9.17) is 16.3 Å². The monoisotopic (exact) mass is 372 g/mol. The number of ether oxygens (including phenoxy) is 1. The van der Waals surface area contributed by atoms with Gasteiger partial charge >= 0.3 is 0 Å². The van der Waals surface area contributed by atoms with E-state index in [1.54, 1.807) is 4.90 Å². The van der Waals surface area contributed by atoms with Gasteiger partial charge < -0.3 is 4.74 Å². The van der Waals surface area contributed by atoms with Crippen molar-refractivity contribution >= 4 is 39.7 Å². The van der Waals surface area contributed by atoms with Crippen LogP contribution in [0.25, 0.3) is 0 Å². The maximum absolute atomic E-state index is 12.1. The number of para-hydroxylation sites is 1. The average Bonchev–Trinajstić information content (AvgIpc) is 3.05. The minimum Gasteiger partial charge on any atom is -0.486 e. The topological polar surface area (TPSA) is 42.4 Å². The summed E-state index contributed by atoms with van der Waals surface area (Å²) < 4.78 is 5.77. The van der Waals surface area contributed by atoms with Gasteiger partial charge in [-0.1, -0.05) is 35.9 Å². The van der Waals surface area contributed by atoms with Crippen LogP contribution >= 0.6 is 22.9 Å². The summed E-state index contributed by atoms with van der Waals surface area (Å²) in [5.74, 6) is 0.539. The standard InChI is InChI=1S/C19H17ClN2O2S/c1-13-8-9-17(20)18(10-13)24-11-15-12-25-19(21-15)22(14(2)23)16-6-4-3-5-7-16/h3-10,12H,11H2,1-2H3. The molecule has 4 nitrogen and oxygen atoms in total. The fraction of sp³-hybridized carbons (Fsp3) is 0.158. The zero-order chi connectivity index (χ0) is 17.8. The molecular formula is C19H17ClN2O2S. The van der Waals surface area contributed by atoms with Crippen LogP contribution in [0.2, 0.25) is 5.02 Å². The smallest absolute Gasteiger partial charge is 0.230 e. The summed E-state index contributed by atoms with van der Waals surface area (Å²) in [6.07, 6.45) is 0. The van der Waals surface area contributed by atoms with Crippen LogP contribution in [0.4, 0.5) is 10.8 Å². The summed E-state index contributed by atoms with van der Waals surface area (Å²) in [4.78, 5) is 18.2. The Morgan fingerprint density at radius 2 is 2.00 bits per heavy atom. The van der Waals surface area contributed by atoms with Crippen LogP contribution in [-0.2, 0) is 11.4 Å². The van der Waals surface area contributed by atoms with E-state index in [1.807, 2.05) is 60.8 Å². The van der Waals surface area contributed by atoms with E-state index in [0.717, 1.165) is 16.9 Å². The quantitative estimate of drug-likeness (QED) is 0.604. The van der Waals surface area contributed by atoms with Crippen molar-refractivity contribution in [1.29, 1.82) is 0 Å². The Balaban J connectivity index is 1.77. The number of anilines is 2. The molecule has 0 atom stereocenters. The summed E-state index contributed by atoms with van der Waals surface area (Å²) in [6, 6.07) is 15.1. The molecule has 0 saturated heterocycles. The molecule has 1 aromatic heterocycles. The van der Waals surface area contributed by atoms with Crippen LogP contribution in [0, 0.1) is 6.92 Å². The first-order valence-corrected chi connectivity index (χ1v) is 8.99. The molecule has 1 heterocycles. The molecule has 0 spiro atoms. The van der Waals surface area contributed by atoms with Gasteiger partial charge in [0.2, 0.25) is 5.91 Å². The third-order valence-corrected chi connectivity index (χ3v) is 4.71. The number of halogens is 1. The third kappa shape index (κ3) is 4.18. The Morgan fingerprint density at radius 1 is 1.24 bits per heavy atom. The number of aromatic nitrogens is 1. The Kier molecular flexibility index (Phi) is 5.36. The van der Waals surface area contributed by atoms with Gasteiger partial charge in [-0.15, -0.1) is 11.3 Å². The number of nitrogens with zero attached hydrogens (tertiary/aromatic N) is 2. The van der Waals surface area contributed by atoms with Gasteiger partial charge in [-0.2, -0.15) is 0 Å². The van der Waals surface area contributed by atoms with Gasteiger partial charge in [0, 0.05) is 12.3 Å². The summed E-state index contributed by atoms with van der Waals surface area (Å²) >= 11 is 7.55. The summed E-state index contributed by atoms with van der Waals surface area (Å²) in [5, 5.41) is 3.07. The highest BCUT2D eigenvalue weighted by Crippen LogP contribution is 2.30. The lowest BCUT2D eigenvalue weighted by molar-refractivity contribution is -0.115. The number of thiazole rings is 1. The maximum atomic E-state index is 12.1. The predicted octanol–water partition coefficient (Wildman–Crippen LogP) is 5.37. The van der Waals surface area contributed by atoms with Gasteiger partial charge in [-0.25, -0.2) is 4.98 Å². The van der Waals surface area contributed by atoms with Crippen LogP contribution in [-0.4, -0.2) is 10.9 Å². The van der Waals surface area contributed by atoms with E-state index < -0.39 is 0 Å². The number of hydrogen-bond donors (Lipinski definition) is 0. The highest BCUT2D eigenvalue weighted by atomic mass is 35.5. The van der Waals surface area contributed by atoms with Crippen molar-refractivity contribution in [2.24, 2.45) is 0 Å². The van der Waals surface area contributed by atoms with E-state index in [0.29, 0.717) is 22.5 Å². The van der Waals surface area contributed by atoms with E-state index in [9.17, 15) is 4.79 Å². The van der Waals surface area contributed by atoms with Crippen LogP contribution in [0.1, 0.15) is 18.2 Å². The van der Waals surface area contributed by atoms with E-state index in [1.165, 1.54) is 18.3 Å². The SMILES string of the molecule is CC(=O)N(c1ccccc1)c1nc(COc2cc(C)ccc2Cl)cs1. The van der Waals surface area contributed by atoms with Crippen LogP contribution in [0.3, 0.4) is 0 Å². The molecule has 25 heavy (non-hydrogen) atoms. The van der Waals surface area contributed by atoms with Crippen molar-refractivity contribution in [1.82, 2.24) is 4.98 Å². The van der Waals surface area contributed by atoms with Crippen molar-refractivity contribution in [3.8, 4) is 5.75 Å². The molecule has 0 saturated carbocycles. The second-order valence-electron chi connectivity index (χ2n) is 5.53. The Hall–Kier alpha value is -2.37. The number of rotatable bonds is 5. The van der Waals surface area contributed by atoms with Gasteiger partial charge in [-0.05, 0) is 36.8 Å². The number of benzene rings is 2. The number of aryl methyl sites for hydroxylation is 1. The normalized spacial score (nSPS) is 10.5. The lowest BCUT2D eigenvalue weighted by Crippen LogP contribution is -2.22. The molecular weight excluding hydrogens is 356 g/mol. The summed E-state index contributed by atoms with van der Waals surface area (Å²) in [7, 11) is 0. The lowest BCUT2D eigenvalue weighted by Gasteiger charge is -2.17. The third-order valence-electron chi connectivity index (χ3n) is 3.52. The van der Waals surface area contributed by atoms with Crippen molar-refractivity contribution < 1.29 is 9.53 Å².